The van der Waals surface area contributed by atoms with Crippen LogP contribution in [0.25, 0.3) is 10.9 Å². The van der Waals surface area contributed by atoms with Crippen LogP contribution in [0.4, 0.5) is 0 Å². The first-order valence-electron chi connectivity index (χ1n) is 6.34. The summed E-state index contributed by atoms with van der Waals surface area (Å²) in [6.07, 6.45) is 2.45. The molecule has 0 unspecified atom stereocenters. The average Bonchev–Trinajstić information content (AvgIpc) is 2.91. The number of rotatable bonds is 3. The molecule has 2 heterocycles. The molecule has 5 nitrogen and oxygen atoms in total. The van der Waals surface area contributed by atoms with E-state index in [1.165, 1.54) is 4.57 Å². The fraction of sp³-hybridized carbons (Fsp3) is 0.214. The molecular formula is C14H13N3O2S. The fourth-order valence-corrected chi connectivity index (χ4v) is 2.32. The molecule has 102 valence electrons. The quantitative estimate of drug-likeness (QED) is 0.752. The highest BCUT2D eigenvalue weighted by atomic mass is 32.1. The highest BCUT2D eigenvalue weighted by Crippen LogP contribution is 2.09. The number of aryl methyl sites for hydroxylation is 1. The summed E-state index contributed by atoms with van der Waals surface area (Å²) in [7, 11) is 0. The Balaban J connectivity index is 2.11. The normalized spacial score (nSPS) is 11.1. The van der Waals surface area contributed by atoms with Gasteiger partial charge in [-0.15, -0.1) is 0 Å². The maximum absolute atomic E-state index is 12.4. The number of fused-ring (bicyclic) bond motifs is 1. The van der Waals surface area contributed by atoms with Gasteiger partial charge in [-0.2, -0.15) is 0 Å². The third-order valence-corrected chi connectivity index (χ3v) is 3.46. The van der Waals surface area contributed by atoms with E-state index in [-0.39, 0.29) is 12.1 Å². The van der Waals surface area contributed by atoms with Gasteiger partial charge in [-0.1, -0.05) is 19.1 Å². The lowest BCUT2D eigenvalue weighted by atomic mass is 10.2. The highest BCUT2D eigenvalue weighted by molar-refractivity contribution is 7.71. The Morgan fingerprint density at radius 2 is 2.20 bits per heavy atom. The van der Waals surface area contributed by atoms with Gasteiger partial charge in [0.2, 0.25) is 5.89 Å². The lowest BCUT2D eigenvalue weighted by Crippen LogP contribution is -2.22. The van der Waals surface area contributed by atoms with Crippen molar-refractivity contribution in [1.82, 2.24) is 14.5 Å². The van der Waals surface area contributed by atoms with Gasteiger partial charge in [0.1, 0.15) is 12.3 Å². The van der Waals surface area contributed by atoms with Crippen LogP contribution < -0.4 is 5.56 Å². The summed E-state index contributed by atoms with van der Waals surface area (Å²) in [5.74, 6) is 1.28. The zero-order valence-corrected chi connectivity index (χ0v) is 11.7. The molecule has 0 bridgehead atoms. The molecule has 0 saturated carbocycles. The Hall–Kier alpha value is -2.21. The van der Waals surface area contributed by atoms with Crippen LogP contribution in [0.1, 0.15) is 18.6 Å². The van der Waals surface area contributed by atoms with E-state index in [4.69, 9.17) is 16.6 Å². The lowest BCUT2D eigenvalue weighted by molar-refractivity contribution is 0.442. The van der Waals surface area contributed by atoms with Crippen molar-refractivity contribution in [2.24, 2.45) is 0 Å². The summed E-state index contributed by atoms with van der Waals surface area (Å²) < 4.78 is 7.35. The first kappa shape index (κ1) is 12.8. The molecule has 20 heavy (non-hydrogen) atoms. The molecule has 0 aliphatic rings. The number of oxazole rings is 1. The Bertz CT molecular complexity index is 876. The van der Waals surface area contributed by atoms with E-state index in [0.29, 0.717) is 16.0 Å². The average molecular weight is 287 g/mol. The molecule has 0 aliphatic carbocycles. The SMILES string of the molecule is CCc1cnc(Cn2c(=S)[nH]c3ccccc3c2=O)o1. The third kappa shape index (κ3) is 2.18. The van der Waals surface area contributed by atoms with E-state index in [2.05, 4.69) is 9.97 Å². The molecule has 0 radical (unpaired) electrons. The van der Waals surface area contributed by atoms with Crippen LogP contribution in [0.2, 0.25) is 0 Å². The minimum Gasteiger partial charge on any atom is -0.444 e. The molecule has 0 saturated heterocycles. The zero-order chi connectivity index (χ0) is 14.1. The molecule has 2 aromatic heterocycles. The number of H-pyrrole nitrogens is 1. The molecule has 0 atom stereocenters. The minimum atomic E-state index is -0.138. The van der Waals surface area contributed by atoms with Gasteiger partial charge < -0.3 is 9.40 Å². The van der Waals surface area contributed by atoms with Gasteiger partial charge in [0.15, 0.2) is 4.77 Å². The van der Waals surface area contributed by atoms with Gasteiger partial charge in [0.25, 0.3) is 5.56 Å². The first-order valence-corrected chi connectivity index (χ1v) is 6.75. The number of benzene rings is 1. The molecule has 1 N–H and O–H groups in total. The molecule has 3 aromatic rings. The van der Waals surface area contributed by atoms with E-state index >= 15 is 0 Å². The summed E-state index contributed by atoms with van der Waals surface area (Å²) in [4.78, 5) is 19.6. The first-order chi connectivity index (χ1) is 9.69. The minimum absolute atomic E-state index is 0.138. The highest BCUT2D eigenvalue weighted by Gasteiger charge is 2.09. The molecule has 0 fully saturated rings. The predicted molar refractivity (Wildman–Crippen MR) is 78.4 cm³/mol. The van der Waals surface area contributed by atoms with Crippen molar-refractivity contribution in [2.75, 3.05) is 0 Å². The van der Waals surface area contributed by atoms with Crippen molar-refractivity contribution in [1.29, 1.82) is 0 Å². The van der Waals surface area contributed by atoms with E-state index < -0.39 is 0 Å². The Morgan fingerprint density at radius 1 is 1.40 bits per heavy atom. The van der Waals surface area contributed by atoms with E-state index in [9.17, 15) is 4.79 Å². The van der Waals surface area contributed by atoms with Gasteiger partial charge in [-0.3, -0.25) is 9.36 Å². The molecule has 1 aromatic carbocycles. The van der Waals surface area contributed by atoms with E-state index in [0.717, 1.165) is 17.7 Å². The lowest BCUT2D eigenvalue weighted by Gasteiger charge is -2.05. The molecule has 6 heteroatoms. The van der Waals surface area contributed by atoms with Crippen LogP contribution in [-0.4, -0.2) is 14.5 Å². The maximum Gasteiger partial charge on any atom is 0.262 e. The Labute approximate surface area is 119 Å². The van der Waals surface area contributed by atoms with Crippen LogP contribution in [0.15, 0.2) is 39.7 Å². The van der Waals surface area contributed by atoms with E-state index in [1.54, 1.807) is 12.3 Å². The number of aromatic nitrogens is 3. The fourth-order valence-electron chi connectivity index (χ4n) is 2.06. The van der Waals surface area contributed by atoms with Crippen molar-refractivity contribution < 1.29 is 4.42 Å². The Morgan fingerprint density at radius 3 is 2.95 bits per heavy atom. The van der Waals surface area contributed by atoms with Crippen molar-refractivity contribution in [3.63, 3.8) is 0 Å². The Kier molecular flexibility index (Phi) is 3.23. The second-order valence-electron chi connectivity index (χ2n) is 4.44. The summed E-state index contributed by atoms with van der Waals surface area (Å²) in [6.45, 7) is 2.22. The number of para-hydroxylation sites is 1. The van der Waals surface area contributed by atoms with Crippen LogP contribution in [-0.2, 0) is 13.0 Å². The topological polar surface area (TPSA) is 63.8 Å². The number of hydrogen-bond acceptors (Lipinski definition) is 4. The van der Waals surface area contributed by atoms with Crippen LogP contribution in [0.5, 0.6) is 0 Å². The second kappa shape index (κ2) is 5.05. The molecule has 3 rings (SSSR count). The molecule has 0 spiro atoms. The third-order valence-electron chi connectivity index (χ3n) is 3.13. The van der Waals surface area contributed by atoms with Gasteiger partial charge in [-0.05, 0) is 24.4 Å². The maximum atomic E-state index is 12.4. The largest absolute Gasteiger partial charge is 0.444 e. The van der Waals surface area contributed by atoms with Crippen molar-refractivity contribution in [3.8, 4) is 0 Å². The predicted octanol–water partition coefficient (Wildman–Crippen LogP) is 2.66. The smallest absolute Gasteiger partial charge is 0.262 e. The standard InChI is InChI=1S/C14H13N3O2S/c1-2-9-7-15-12(19-9)8-17-13(18)10-5-3-4-6-11(10)16-14(17)20/h3-7H,2,8H2,1H3,(H,16,20). The second-order valence-corrected chi connectivity index (χ2v) is 4.83. The zero-order valence-electron chi connectivity index (χ0n) is 10.9. The van der Waals surface area contributed by atoms with Gasteiger partial charge in [-0.25, -0.2) is 4.98 Å². The summed E-state index contributed by atoms with van der Waals surface area (Å²) in [5, 5.41) is 0.600. The number of nitrogens with zero attached hydrogens (tertiary/aromatic N) is 2. The molecule has 0 amide bonds. The number of nitrogens with one attached hydrogen (secondary N) is 1. The van der Waals surface area contributed by atoms with Crippen LogP contribution in [0, 0.1) is 4.77 Å². The molecule has 0 aliphatic heterocycles. The number of hydrogen-bond donors (Lipinski definition) is 1. The number of aromatic amines is 1. The van der Waals surface area contributed by atoms with Crippen LogP contribution >= 0.6 is 12.2 Å². The summed E-state index contributed by atoms with van der Waals surface area (Å²) in [5.41, 5.74) is 0.598. The van der Waals surface area contributed by atoms with Crippen molar-refractivity contribution in [2.45, 2.75) is 19.9 Å². The molecular weight excluding hydrogens is 274 g/mol. The van der Waals surface area contributed by atoms with Crippen LogP contribution in [0.3, 0.4) is 0 Å². The van der Waals surface area contributed by atoms with Crippen molar-refractivity contribution in [3.05, 3.63) is 57.2 Å². The van der Waals surface area contributed by atoms with Gasteiger partial charge in [0, 0.05) is 6.42 Å². The summed E-state index contributed by atoms with van der Waals surface area (Å²) in [6, 6.07) is 7.29. The van der Waals surface area contributed by atoms with Gasteiger partial charge in [0.05, 0.1) is 17.1 Å². The van der Waals surface area contributed by atoms with Gasteiger partial charge >= 0.3 is 0 Å². The summed E-state index contributed by atoms with van der Waals surface area (Å²) >= 11 is 5.24. The monoisotopic (exact) mass is 287 g/mol. The van der Waals surface area contributed by atoms with E-state index in [1.807, 2.05) is 25.1 Å². The van der Waals surface area contributed by atoms with Crippen molar-refractivity contribution >= 4 is 23.1 Å².